The van der Waals surface area contributed by atoms with Crippen LogP contribution in [0.1, 0.15) is 38.2 Å². The maximum atomic E-state index is 13.7. The highest BCUT2D eigenvalue weighted by atomic mass is 19.1. The molecule has 1 aromatic carbocycles. The summed E-state index contributed by atoms with van der Waals surface area (Å²) in [5.74, 6) is 0.756. The Kier molecular flexibility index (Phi) is 4.94. The summed E-state index contributed by atoms with van der Waals surface area (Å²) in [6.07, 6.45) is 5.98. The minimum absolute atomic E-state index is 0.136. The van der Waals surface area contributed by atoms with E-state index in [2.05, 4.69) is 12.2 Å². The van der Waals surface area contributed by atoms with Crippen LogP contribution in [0.15, 0.2) is 24.3 Å². The van der Waals surface area contributed by atoms with Crippen LogP contribution in [-0.2, 0) is 6.42 Å². The second kappa shape index (κ2) is 6.49. The summed E-state index contributed by atoms with van der Waals surface area (Å²) in [7, 11) is 0. The molecule has 19 heavy (non-hydrogen) atoms. The lowest BCUT2D eigenvalue weighted by Gasteiger charge is -2.32. The van der Waals surface area contributed by atoms with Crippen molar-refractivity contribution in [3.05, 3.63) is 35.6 Å². The van der Waals surface area contributed by atoms with Gasteiger partial charge in [0.2, 0.25) is 0 Å². The third-order valence-electron chi connectivity index (χ3n) is 4.32. The van der Waals surface area contributed by atoms with Crippen LogP contribution in [0.4, 0.5) is 4.39 Å². The molecule has 0 heterocycles. The molecule has 0 aliphatic heterocycles. The number of hydrogen-bond donors (Lipinski definition) is 2. The number of nitrogens with two attached hydrogens (primary N) is 1. The van der Waals surface area contributed by atoms with Gasteiger partial charge < -0.3 is 11.1 Å². The largest absolute Gasteiger partial charge is 0.329 e. The molecule has 0 spiro atoms. The molecule has 1 fully saturated rings. The van der Waals surface area contributed by atoms with Gasteiger partial charge in [-0.25, -0.2) is 4.39 Å². The van der Waals surface area contributed by atoms with Crippen molar-refractivity contribution in [1.82, 2.24) is 5.32 Å². The third kappa shape index (κ3) is 4.02. The van der Waals surface area contributed by atoms with E-state index in [0.29, 0.717) is 13.0 Å². The highest BCUT2D eigenvalue weighted by Crippen LogP contribution is 2.29. The lowest BCUT2D eigenvalue weighted by molar-refractivity contribution is 0.269. The summed E-state index contributed by atoms with van der Waals surface area (Å²) in [6.45, 7) is 3.58. The second-order valence-electron chi connectivity index (χ2n) is 6.05. The van der Waals surface area contributed by atoms with Crippen LogP contribution >= 0.6 is 0 Å². The highest BCUT2D eigenvalue weighted by Gasteiger charge is 2.24. The fraction of sp³-hybridized carbons (Fsp3) is 0.625. The van der Waals surface area contributed by atoms with E-state index in [4.69, 9.17) is 5.73 Å². The zero-order valence-corrected chi connectivity index (χ0v) is 11.8. The van der Waals surface area contributed by atoms with Crippen molar-refractivity contribution in [3.63, 3.8) is 0 Å². The van der Waals surface area contributed by atoms with E-state index >= 15 is 0 Å². The van der Waals surface area contributed by atoms with Crippen LogP contribution < -0.4 is 11.1 Å². The Labute approximate surface area is 115 Å². The molecule has 3 heteroatoms. The van der Waals surface area contributed by atoms with Crippen molar-refractivity contribution in [2.45, 2.75) is 44.6 Å². The maximum Gasteiger partial charge on any atom is 0.126 e. The number of rotatable bonds is 7. The molecule has 2 rings (SSSR count). The van der Waals surface area contributed by atoms with Gasteiger partial charge in [-0.15, -0.1) is 0 Å². The van der Waals surface area contributed by atoms with E-state index in [0.717, 1.165) is 18.0 Å². The summed E-state index contributed by atoms with van der Waals surface area (Å²) in [6, 6.07) is 6.96. The monoisotopic (exact) mass is 264 g/mol. The Bertz CT molecular complexity index is 403. The fourth-order valence-corrected chi connectivity index (χ4v) is 2.63. The molecule has 1 saturated carbocycles. The Morgan fingerprint density at radius 3 is 2.68 bits per heavy atom. The topological polar surface area (TPSA) is 38.0 Å². The molecule has 1 aliphatic rings. The van der Waals surface area contributed by atoms with E-state index in [1.165, 1.54) is 31.7 Å². The molecule has 3 N–H and O–H groups in total. The van der Waals surface area contributed by atoms with Gasteiger partial charge in [0, 0.05) is 12.1 Å². The maximum absolute atomic E-state index is 13.7. The molecule has 0 bridgehead atoms. The van der Waals surface area contributed by atoms with Gasteiger partial charge in [0.05, 0.1) is 0 Å². The van der Waals surface area contributed by atoms with Gasteiger partial charge in [0.25, 0.3) is 0 Å². The zero-order valence-electron chi connectivity index (χ0n) is 11.8. The number of hydrogen-bond acceptors (Lipinski definition) is 2. The average Bonchev–Trinajstić information content (AvgIpc) is 2.35. The minimum atomic E-state index is -0.216. The molecule has 0 aromatic heterocycles. The molecular weight excluding hydrogens is 239 g/mol. The van der Waals surface area contributed by atoms with Crippen LogP contribution in [0.5, 0.6) is 0 Å². The predicted octanol–water partition coefficient (Wildman–Crippen LogP) is 2.87. The van der Waals surface area contributed by atoms with Gasteiger partial charge in [-0.1, -0.05) is 37.5 Å². The first-order valence-corrected chi connectivity index (χ1v) is 7.31. The van der Waals surface area contributed by atoms with Crippen LogP contribution in [0, 0.1) is 11.7 Å². The lowest BCUT2D eigenvalue weighted by Crippen LogP contribution is -2.51. The van der Waals surface area contributed by atoms with Crippen molar-refractivity contribution < 1.29 is 4.39 Å². The van der Waals surface area contributed by atoms with Gasteiger partial charge in [0.1, 0.15) is 5.82 Å². The van der Waals surface area contributed by atoms with Gasteiger partial charge in [-0.3, -0.25) is 0 Å². The molecular formula is C16H25FN2. The Morgan fingerprint density at radius 2 is 2.11 bits per heavy atom. The smallest absolute Gasteiger partial charge is 0.126 e. The second-order valence-corrected chi connectivity index (χ2v) is 6.05. The normalized spacial score (nSPS) is 18.9. The first kappa shape index (κ1) is 14.5. The average molecular weight is 264 g/mol. The number of benzene rings is 1. The summed E-state index contributed by atoms with van der Waals surface area (Å²) in [5, 5.41) is 3.53. The van der Waals surface area contributed by atoms with E-state index in [1.54, 1.807) is 6.07 Å². The highest BCUT2D eigenvalue weighted by molar-refractivity contribution is 5.20. The van der Waals surface area contributed by atoms with E-state index < -0.39 is 0 Å². The van der Waals surface area contributed by atoms with Crippen molar-refractivity contribution in [2.75, 3.05) is 13.1 Å². The number of halogens is 1. The Balaban J connectivity index is 1.87. The molecule has 1 aromatic rings. The van der Waals surface area contributed by atoms with Crippen LogP contribution in [0.2, 0.25) is 0 Å². The summed E-state index contributed by atoms with van der Waals surface area (Å²) in [5.41, 5.74) is 6.41. The molecule has 0 radical (unpaired) electrons. The minimum Gasteiger partial charge on any atom is -0.329 e. The molecule has 1 atom stereocenters. The molecule has 0 amide bonds. The standard InChI is InChI=1S/C16H25FN2/c1-16(12-18,19-10-9-13-5-4-6-13)11-14-7-2-3-8-15(14)17/h2-3,7-8,13,19H,4-6,9-12,18H2,1H3. The first-order chi connectivity index (χ1) is 9.13. The zero-order chi connectivity index (χ0) is 13.7. The summed E-state index contributed by atoms with van der Waals surface area (Å²) >= 11 is 0. The van der Waals surface area contributed by atoms with Crippen LogP contribution in [0.3, 0.4) is 0 Å². The quantitative estimate of drug-likeness (QED) is 0.794. The van der Waals surface area contributed by atoms with E-state index in [-0.39, 0.29) is 11.4 Å². The van der Waals surface area contributed by atoms with Crippen LogP contribution in [-0.4, -0.2) is 18.6 Å². The van der Waals surface area contributed by atoms with E-state index in [9.17, 15) is 4.39 Å². The number of nitrogens with one attached hydrogen (secondary N) is 1. The third-order valence-corrected chi connectivity index (χ3v) is 4.32. The van der Waals surface area contributed by atoms with Gasteiger partial charge in [0.15, 0.2) is 0 Å². The van der Waals surface area contributed by atoms with Crippen LogP contribution in [0.25, 0.3) is 0 Å². The predicted molar refractivity (Wildman–Crippen MR) is 77.5 cm³/mol. The van der Waals surface area contributed by atoms with Crippen molar-refractivity contribution in [2.24, 2.45) is 11.7 Å². The van der Waals surface area contributed by atoms with Crippen molar-refractivity contribution >= 4 is 0 Å². The first-order valence-electron chi connectivity index (χ1n) is 7.31. The Hall–Kier alpha value is -0.930. The van der Waals surface area contributed by atoms with Crippen molar-refractivity contribution in [1.29, 1.82) is 0 Å². The van der Waals surface area contributed by atoms with E-state index in [1.807, 2.05) is 12.1 Å². The molecule has 106 valence electrons. The Morgan fingerprint density at radius 1 is 1.37 bits per heavy atom. The van der Waals surface area contributed by atoms with Gasteiger partial charge in [-0.2, -0.15) is 0 Å². The van der Waals surface area contributed by atoms with Gasteiger partial charge >= 0.3 is 0 Å². The lowest BCUT2D eigenvalue weighted by atomic mass is 9.82. The summed E-state index contributed by atoms with van der Waals surface area (Å²) < 4.78 is 13.7. The SMILES string of the molecule is CC(CN)(Cc1ccccc1F)NCCC1CCC1. The molecule has 2 nitrogen and oxygen atoms in total. The molecule has 1 unspecified atom stereocenters. The molecule has 0 saturated heterocycles. The van der Waals surface area contributed by atoms with Gasteiger partial charge in [-0.05, 0) is 43.9 Å². The molecule has 1 aliphatic carbocycles. The fourth-order valence-electron chi connectivity index (χ4n) is 2.63. The summed E-state index contributed by atoms with van der Waals surface area (Å²) in [4.78, 5) is 0. The van der Waals surface area contributed by atoms with Crippen molar-refractivity contribution in [3.8, 4) is 0 Å².